The van der Waals surface area contributed by atoms with Crippen LogP contribution in [0.4, 0.5) is 0 Å². The fourth-order valence-electron chi connectivity index (χ4n) is 2.64. The minimum atomic E-state index is -0.896. The molecule has 4 nitrogen and oxygen atoms in total. The number of carbonyl (C=O) groups excluding carboxylic acids is 1. The van der Waals surface area contributed by atoms with Crippen molar-refractivity contribution in [3.8, 4) is 0 Å². The fraction of sp³-hybridized carbons (Fsp3) is 0.500. The molecule has 1 aliphatic rings. The maximum Gasteiger partial charge on any atom is 0.321 e. The van der Waals surface area contributed by atoms with Crippen LogP contribution < -0.4 is 0 Å². The number of hydrogen-bond acceptors (Lipinski definition) is 3. The molecule has 1 atom stereocenters. The van der Waals surface area contributed by atoms with Crippen LogP contribution in [0.15, 0.2) is 24.3 Å². The quantitative estimate of drug-likeness (QED) is 0.839. The molecule has 0 amide bonds. The largest absolute Gasteiger partial charge is 0.480 e. The summed E-state index contributed by atoms with van der Waals surface area (Å²) in [6.07, 6.45) is 3.23. The Morgan fingerprint density at radius 3 is 2.30 bits per heavy atom. The van der Waals surface area contributed by atoms with Crippen LogP contribution in [0.1, 0.15) is 41.6 Å². The van der Waals surface area contributed by atoms with E-state index in [1.54, 1.807) is 12.1 Å². The van der Waals surface area contributed by atoms with Crippen LogP contribution in [0.2, 0.25) is 0 Å². The zero-order valence-corrected chi connectivity index (χ0v) is 11.8. The molecular weight excluding hydrogens is 254 g/mol. The average Bonchev–Trinajstić information content (AvgIpc) is 2.46. The van der Waals surface area contributed by atoms with E-state index >= 15 is 0 Å². The van der Waals surface area contributed by atoms with E-state index in [0.717, 1.165) is 37.9 Å². The van der Waals surface area contributed by atoms with Crippen molar-refractivity contribution in [2.24, 2.45) is 0 Å². The van der Waals surface area contributed by atoms with Gasteiger partial charge >= 0.3 is 5.97 Å². The van der Waals surface area contributed by atoms with Gasteiger partial charge in [-0.25, -0.2) is 0 Å². The van der Waals surface area contributed by atoms with Crippen molar-refractivity contribution in [1.29, 1.82) is 0 Å². The highest BCUT2D eigenvalue weighted by atomic mass is 16.4. The number of likely N-dealkylation sites (tertiary alicyclic amines) is 1. The molecule has 1 N–H and O–H groups in total. The van der Waals surface area contributed by atoms with Crippen molar-refractivity contribution in [2.45, 2.75) is 38.6 Å². The van der Waals surface area contributed by atoms with Gasteiger partial charge in [0.25, 0.3) is 0 Å². The molecule has 20 heavy (non-hydrogen) atoms. The Morgan fingerprint density at radius 1 is 1.15 bits per heavy atom. The van der Waals surface area contributed by atoms with Crippen LogP contribution in [-0.2, 0) is 4.79 Å². The fourth-order valence-corrected chi connectivity index (χ4v) is 2.64. The Morgan fingerprint density at radius 2 is 1.75 bits per heavy atom. The number of aliphatic carboxylic acids is 1. The summed E-state index contributed by atoms with van der Waals surface area (Å²) in [7, 11) is 0. The molecule has 1 fully saturated rings. The van der Waals surface area contributed by atoms with Gasteiger partial charge in [-0.2, -0.15) is 0 Å². The molecule has 0 saturated carbocycles. The lowest BCUT2D eigenvalue weighted by Gasteiger charge is -2.31. The maximum atomic E-state index is 12.2. The Bertz CT molecular complexity index is 475. The summed E-state index contributed by atoms with van der Waals surface area (Å²) in [4.78, 5) is 25.6. The van der Waals surface area contributed by atoms with Crippen molar-refractivity contribution < 1.29 is 14.7 Å². The summed E-state index contributed by atoms with van der Waals surface area (Å²) in [5, 5.41) is 9.37. The van der Waals surface area contributed by atoms with Gasteiger partial charge in [0, 0.05) is 12.0 Å². The first-order valence-electron chi connectivity index (χ1n) is 7.14. The average molecular weight is 275 g/mol. The summed E-state index contributed by atoms with van der Waals surface area (Å²) in [5.74, 6) is -0.990. The van der Waals surface area contributed by atoms with Gasteiger partial charge in [-0.1, -0.05) is 36.2 Å². The molecule has 108 valence electrons. The summed E-state index contributed by atoms with van der Waals surface area (Å²) >= 11 is 0. The van der Waals surface area contributed by atoms with E-state index in [1.165, 1.54) is 0 Å². The van der Waals surface area contributed by atoms with Gasteiger partial charge in [0.1, 0.15) is 6.04 Å². The maximum absolute atomic E-state index is 12.2. The first kappa shape index (κ1) is 14.7. The van der Waals surface area contributed by atoms with E-state index in [2.05, 4.69) is 0 Å². The van der Waals surface area contributed by atoms with Crippen LogP contribution in [-0.4, -0.2) is 40.9 Å². The van der Waals surface area contributed by atoms with E-state index in [0.29, 0.717) is 5.56 Å². The van der Waals surface area contributed by atoms with E-state index < -0.39 is 12.0 Å². The van der Waals surface area contributed by atoms with Gasteiger partial charge in [-0.05, 0) is 32.9 Å². The predicted octanol–water partition coefficient (Wildman–Crippen LogP) is 2.51. The highest BCUT2D eigenvalue weighted by Gasteiger charge is 2.29. The normalized spacial score (nSPS) is 17.6. The standard InChI is InChI=1S/C16H21NO3/c1-12-5-7-13(8-6-12)15(18)11-14(16(19)20)17-9-3-2-4-10-17/h5-8,14H,2-4,9-11H2,1H3,(H,19,20). The van der Waals surface area contributed by atoms with Crippen LogP contribution in [0, 0.1) is 6.92 Å². The second-order valence-electron chi connectivity index (χ2n) is 5.44. The smallest absolute Gasteiger partial charge is 0.321 e. The van der Waals surface area contributed by atoms with Crippen molar-refractivity contribution in [1.82, 2.24) is 4.90 Å². The molecule has 0 radical (unpaired) electrons. The Labute approximate surface area is 119 Å². The Kier molecular flexibility index (Phi) is 4.90. The van der Waals surface area contributed by atoms with Crippen molar-refractivity contribution in [3.63, 3.8) is 0 Å². The number of benzene rings is 1. The molecule has 0 bridgehead atoms. The number of rotatable bonds is 5. The number of piperidine rings is 1. The van der Waals surface area contributed by atoms with Crippen molar-refractivity contribution in [2.75, 3.05) is 13.1 Å². The topological polar surface area (TPSA) is 57.6 Å². The molecule has 2 rings (SSSR count). The minimum absolute atomic E-state index is 0.0540. The summed E-state index contributed by atoms with van der Waals surface area (Å²) in [6, 6.07) is 6.61. The first-order valence-corrected chi connectivity index (χ1v) is 7.14. The number of nitrogens with zero attached hydrogens (tertiary/aromatic N) is 1. The SMILES string of the molecule is Cc1ccc(C(=O)CC(C(=O)O)N2CCCCC2)cc1. The molecule has 1 heterocycles. The number of ketones is 1. The van der Waals surface area contributed by atoms with E-state index in [9.17, 15) is 14.7 Å². The lowest BCUT2D eigenvalue weighted by atomic mass is 10.00. The van der Waals surface area contributed by atoms with Crippen LogP contribution in [0.3, 0.4) is 0 Å². The van der Waals surface area contributed by atoms with Gasteiger partial charge in [-0.15, -0.1) is 0 Å². The third-order valence-electron chi connectivity index (χ3n) is 3.87. The lowest BCUT2D eigenvalue weighted by Crippen LogP contribution is -2.45. The van der Waals surface area contributed by atoms with Crippen LogP contribution >= 0.6 is 0 Å². The third kappa shape index (κ3) is 3.67. The Hall–Kier alpha value is -1.68. The number of carboxylic acid groups (broad SMARTS) is 1. The van der Waals surface area contributed by atoms with E-state index in [-0.39, 0.29) is 12.2 Å². The minimum Gasteiger partial charge on any atom is -0.480 e. The molecular formula is C16H21NO3. The lowest BCUT2D eigenvalue weighted by molar-refractivity contribution is -0.143. The van der Waals surface area contributed by atoms with E-state index in [4.69, 9.17) is 0 Å². The Balaban J connectivity index is 2.05. The zero-order valence-electron chi connectivity index (χ0n) is 11.8. The van der Waals surface area contributed by atoms with Crippen molar-refractivity contribution in [3.05, 3.63) is 35.4 Å². The van der Waals surface area contributed by atoms with Gasteiger partial charge in [0.2, 0.25) is 0 Å². The highest BCUT2D eigenvalue weighted by molar-refractivity contribution is 5.98. The molecule has 0 spiro atoms. The molecule has 0 aromatic heterocycles. The molecule has 1 aromatic rings. The van der Waals surface area contributed by atoms with E-state index in [1.807, 2.05) is 24.0 Å². The van der Waals surface area contributed by atoms with Crippen molar-refractivity contribution >= 4 is 11.8 Å². The molecule has 1 aromatic carbocycles. The number of aryl methyl sites for hydroxylation is 1. The predicted molar refractivity (Wildman–Crippen MR) is 77.0 cm³/mol. The molecule has 0 aliphatic carbocycles. The van der Waals surface area contributed by atoms with Gasteiger partial charge < -0.3 is 5.11 Å². The second kappa shape index (κ2) is 6.66. The number of hydrogen-bond donors (Lipinski definition) is 1. The molecule has 4 heteroatoms. The first-order chi connectivity index (χ1) is 9.58. The second-order valence-corrected chi connectivity index (χ2v) is 5.44. The summed E-state index contributed by atoms with van der Waals surface area (Å²) in [6.45, 7) is 3.51. The monoisotopic (exact) mass is 275 g/mol. The molecule has 1 aliphatic heterocycles. The molecule has 1 unspecified atom stereocenters. The number of carboxylic acids is 1. The van der Waals surface area contributed by atoms with Gasteiger partial charge in [-0.3, -0.25) is 14.5 Å². The van der Waals surface area contributed by atoms with Gasteiger partial charge in [0.15, 0.2) is 5.78 Å². The van der Waals surface area contributed by atoms with Crippen LogP contribution in [0.25, 0.3) is 0 Å². The highest BCUT2D eigenvalue weighted by Crippen LogP contribution is 2.17. The zero-order chi connectivity index (χ0) is 14.5. The van der Waals surface area contributed by atoms with Crippen LogP contribution in [0.5, 0.6) is 0 Å². The number of carbonyl (C=O) groups is 2. The summed E-state index contributed by atoms with van der Waals surface area (Å²) < 4.78 is 0. The third-order valence-corrected chi connectivity index (χ3v) is 3.87. The summed E-state index contributed by atoms with van der Waals surface area (Å²) in [5.41, 5.74) is 1.69. The molecule has 1 saturated heterocycles. The number of Topliss-reactive ketones (excluding diaryl/α,β-unsaturated/α-hetero) is 1. The van der Waals surface area contributed by atoms with Gasteiger partial charge in [0.05, 0.1) is 0 Å².